The van der Waals surface area contributed by atoms with Crippen LogP contribution < -0.4 is 0 Å². The lowest BCUT2D eigenvalue weighted by molar-refractivity contribution is -0.0709. The lowest BCUT2D eigenvalue weighted by Crippen LogP contribution is -2.44. The second kappa shape index (κ2) is 12.1. The standard InChI is InChI=1S/C29H35NO3/c1-23-22-32-29(33-23)18-17-28(31)27(19-24-11-5-2-6-12-24)30(20-25-13-7-3-8-14-25)21-26-15-9-4-10-16-26/h2-16,23,27-29,31H,17-22H2,1H3/t23?,27-,28-,29?/m0/s1. The summed E-state index contributed by atoms with van der Waals surface area (Å²) in [5, 5.41) is 11.5. The molecule has 0 saturated carbocycles. The van der Waals surface area contributed by atoms with E-state index in [4.69, 9.17) is 9.47 Å². The maximum Gasteiger partial charge on any atom is 0.158 e. The van der Waals surface area contributed by atoms with Crippen LogP contribution in [0.3, 0.4) is 0 Å². The zero-order valence-electron chi connectivity index (χ0n) is 19.4. The Morgan fingerprint density at radius 1 is 0.818 bits per heavy atom. The third-order valence-corrected chi connectivity index (χ3v) is 6.26. The summed E-state index contributed by atoms with van der Waals surface area (Å²) in [6.07, 6.45) is 1.52. The molecular weight excluding hydrogens is 410 g/mol. The van der Waals surface area contributed by atoms with Crippen LogP contribution in [0.1, 0.15) is 36.5 Å². The van der Waals surface area contributed by atoms with E-state index in [1.165, 1.54) is 16.7 Å². The van der Waals surface area contributed by atoms with E-state index in [-0.39, 0.29) is 18.4 Å². The molecule has 1 N–H and O–H groups in total. The van der Waals surface area contributed by atoms with Gasteiger partial charge in [0.2, 0.25) is 0 Å². The Bertz CT molecular complexity index is 893. The summed E-state index contributed by atoms with van der Waals surface area (Å²) in [7, 11) is 0. The van der Waals surface area contributed by atoms with Crippen molar-refractivity contribution < 1.29 is 14.6 Å². The summed E-state index contributed by atoms with van der Waals surface area (Å²) < 4.78 is 11.5. The van der Waals surface area contributed by atoms with Crippen molar-refractivity contribution in [1.82, 2.24) is 4.90 Å². The van der Waals surface area contributed by atoms with Crippen molar-refractivity contribution in [2.75, 3.05) is 6.61 Å². The zero-order valence-corrected chi connectivity index (χ0v) is 19.4. The SMILES string of the molecule is CC1COC(CC[C@H](O)[C@H](Cc2ccccc2)N(Cc2ccccc2)Cc2ccccc2)O1. The average Bonchev–Trinajstić information content (AvgIpc) is 3.28. The van der Waals surface area contributed by atoms with E-state index >= 15 is 0 Å². The summed E-state index contributed by atoms with van der Waals surface area (Å²) in [5.74, 6) is 0. The first-order valence-electron chi connectivity index (χ1n) is 12.0. The van der Waals surface area contributed by atoms with Gasteiger partial charge in [0, 0.05) is 25.6 Å². The van der Waals surface area contributed by atoms with Gasteiger partial charge >= 0.3 is 0 Å². The van der Waals surface area contributed by atoms with E-state index in [9.17, 15) is 5.11 Å². The number of ether oxygens (including phenoxy) is 2. The Morgan fingerprint density at radius 3 is 1.82 bits per heavy atom. The molecule has 1 aliphatic heterocycles. The fourth-order valence-electron chi connectivity index (χ4n) is 4.52. The number of benzene rings is 3. The Morgan fingerprint density at radius 2 is 1.33 bits per heavy atom. The zero-order chi connectivity index (χ0) is 22.9. The molecule has 4 heteroatoms. The van der Waals surface area contributed by atoms with Crippen molar-refractivity contribution in [3.63, 3.8) is 0 Å². The predicted octanol–water partition coefficient (Wildman–Crippen LogP) is 5.20. The summed E-state index contributed by atoms with van der Waals surface area (Å²) in [6, 6.07) is 31.5. The molecule has 4 atom stereocenters. The molecule has 0 amide bonds. The minimum Gasteiger partial charge on any atom is -0.391 e. The lowest BCUT2D eigenvalue weighted by atomic mass is 9.95. The van der Waals surface area contributed by atoms with Crippen molar-refractivity contribution in [1.29, 1.82) is 0 Å². The molecule has 174 valence electrons. The van der Waals surface area contributed by atoms with Crippen LogP contribution in [-0.2, 0) is 29.0 Å². The predicted molar refractivity (Wildman–Crippen MR) is 132 cm³/mol. The Kier molecular flexibility index (Phi) is 8.67. The number of hydrogen-bond donors (Lipinski definition) is 1. The van der Waals surface area contributed by atoms with E-state index in [1.54, 1.807) is 0 Å². The number of aliphatic hydroxyl groups is 1. The smallest absolute Gasteiger partial charge is 0.158 e. The first-order valence-corrected chi connectivity index (χ1v) is 12.0. The number of hydrogen-bond acceptors (Lipinski definition) is 4. The van der Waals surface area contributed by atoms with Crippen molar-refractivity contribution in [2.24, 2.45) is 0 Å². The van der Waals surface area contributed by atoms with E-state index in [0.717, 1.165) is 19.5 Å². The third-order valence-electron chi connectivity index (χ3n) is 6.26. The summed E-state index contributed by atoms with van der Waals surface area (Å²) in [4.78, 5) is 2.42. The molecule has 0 aliphatic carbocycles. The van der Waals surface area contributed by atoms with Crippen LogP contribution in [0.2, 0.25) is 0 Å². The third kappa shape index (κ3) is 7.24. The van der Waals surface area contributed by atoms with Gasteiger partial charge in [0.15, 0.2) is 6.29 Å². The van der Waals surface area contributed by atoms with Gasteiger partial charge in [-0.25, -0.2) is 0 Å². The fraction of sp³-hybridized carbons (Fsp3) is 0.379. The molecule has 1 saturated heterocycles. The van der Waals surface area contributed by atoms with Gasteiger partial charge in [-0.15, -0.1) is 0 Å². The Labute approximate surface area is 197 Å². The molecule has 1 fully saturated rings. The normalized spacial score (nSPS) is 20.1. The van der Waals surface area contributed by atoms with Crippen molar-refractivity contribution in [3.05, 3.63) is 108 Å². The molecule has 2 unspecified atom stereocenters. The second-order valence-corrected chi connectivity index (χ2v) is 8.99. The molecule has 0 radical (unpaired) electrons. The van der Waals surface area contributed by atoms with Gasteiger partial charge in [0.25, 0.3) is 0 Å². The molecular formula is C29H35NO3. The minimum atomic E-state index is -0.499. The number of rotatable bonds is 11. The van der Waals surface area contributed by atoms with Gasteiger partial charge in [-0.2, -0.15) is 0 Å². The highest BCUT2D eigenvalue weighted by Crippen LogP contribution is 2.24. The number of aliphatic hydroxyl groups excluding tert-OH is 1. The van der Waals surface area contributed by atoms with Crippen LogP contribution in [0.25, 0.3) is 0 Å². The first-order chi connectivity index (χ1) is 16.2. The van der Waals surface area contributed by atoms with Crippen LogP contribution in [0.5, 0.6) is 0 Å². The van der Waals surface area contributed by atoms with Gasteiger partial charge in [-0.3, -0.25) is 4.90 Å². The van der Waals surface area contributed by atoms with E-state index in [1.807, 2.05) is 25.1 Å². The largest absolute Gasteiger partial charge is 0.391 e. The second-order valence-electron chi connectivity index (χ2n) is 8.99. The van der Waals surface area contributed by atoms with Crippen LogP contribution in [0.4, 0.5) is 0 Å². The average molecular weight is 446 g/mol. The van der Waals surface area contributed by atoms with Gasteiger partial charge in [-0.05, 0) is 36.5 Å². The highest BCUT2D eigenvalue weighted by Gasteiger charge is 2.29. The van der Waals surface area contributed by atoms with Gasteiger partial charge < -0.3 is 14.6 Å². The molecule has 33 heavy (non-hydrogen) atoms. The quantitative estimate of drug-likeness (QED) is 0.440. The Hall–Kier alpha value is -2.50. The molecule has 4 nitrogen and oxygen atoms in total. The van der Waals surface area contributed by atoms with Crippen molar-refractivity contribution >= 4 is 0 Å². The molecule has 1 heterocycles. The van der Waals surface area contributed by atoms with Gasteiger partial charge in [-0.1, -0.05) is 91.0 Å². The maximum atomic E-state index is 11.5. The number of nitrogens with zero attached hydrogens (tertiary/aromatic N) is 1. The first kappa shape index (κ1) is 23.7. The van der Waals surface area contributed by atoms with E-state index < -0.39 is 6.10 Å². The molecule has 0 aromatic heterocycles. The van der Waals surface area contributed by atoms with Crippen LogP contribution >= 0.6 is 0 Å². The topological polar surface area (TPSA) is 41.9 Å². The minimum absolute atomic E-state index is 0.0355. The molecule has 3 aromatic carbocycles. The molecule has 0 bridgehead atoms. The van der Waals surface area contributed by atoms with Crippen LogP contribution in [0.15, 0.2) is 91.0 Å². The highest BCUT2D eigenvalue weighted by molar-refractivity contribution is 5.20. The molecule has 4 rings (SSSR count). The molecule has 1 aliphatic rings. The lowest BCUT2D eigenvalue weighted by Gasteiger charge is -2.36. The van der Waals surface area contributed by atoms with Crippen LogP contribution in [0, 0.1) is 0 Å². The molecule has 0 spiro atoms. The maximum absolute atomic E-state index is 11.5. The van der Waals surface area contributed by atoms with Gasteiger partial charge in [0.1, 0.15) is 0 Å². The van der Waals surface area contributed by atoms with Crippen molar-refractivity contribution in [3.8, 4) is 0 Å². The summed E-state index contributed by atoms with van der Waals surface area (Å²) in [6.45, 7) is 4.20. The monoisotopic (exact) mass is 445 g/mol. The van der Waals surface area contributed by atoms with E-state index in [2.05, 4.69) is 77.7 Å². The summed E-state index contributed by atoms with van der Waals surface area (Å²) >= 11 is 0. The highest BCUT2D eigenvalue weighted by atomic mass is 16.7. The van der Waals surface area contributed by atoms with Gasteiger partial charge in [0.05, 0.1) is 18.8 Å². The molecule has 3 aromatic rings. The van der Waals surface area contributed by atoms with E-state index in [0.29, 0.717) is 19.4 Å². The fourth-order valence-corrected chi connectivity index (χ4v) is 4.52. The Balaban J connectivity index is 1.56. The van der Waals surface area contributed by atoms with Crippen molar-refractivity contribution in [2.45, 2.75) is 63.8 Å². The summed E-state index contributed by atoms with van der Waals surface area (Å²) in [5.41, 5.74) is 3.72. The van der Waals surface area contributed by atoms with Crippen LogP contribution in [-0.4, -0.2) is 41.2 Å².